The summed E-state index contributed by atoms with van der Waals surface area (Å²) in [5.41, 5.74) is 0.246. The predicted molar refractivity (Wildman–Crippen MR) is 83.4 cm³/mol. The lowest BCUT2D eigenvalue weighted by atomic mass is 9.83. The molecule has 1 aliphatic rings. The van der Waals surface area contributed by atoms with Crippen molar-refractivity contribution >= 4 is 5.97 Å². The van der Waals surface area contributed by atoms with Crippen LogP contribution in [0.1, 0.15) is 25.3 Å². The van der Waals surface area contributed by atoms with Crippen molar-refractivity contribution in [2.24, 2.45) is 0 Å². The van der Waals surface area contributed by atoms with Gasteiger partial charge in [-0.15, -0.1) is 0 Å². The molecule has 1 aliphatic heterocycles. The Bertz CT molecular complexity index is 774. The SMILES string of the molecule is COC(=O)C1=C(C)NC(C)=C([N+](=O)[O-])[C@@H]1c1ccccc1OC(F)F. The van der Waals surface area contributed by atoms with Gasteiger partial charge < -0.3 is 14.8 Å². The number of halogens is 2. The largest absolute Gasteiger partial charge is 0.466 e. The number of nitro groups is 1. The monoisotopic (exact) mass is 354 g/mol. The fourth-order valence-corrected chi connectivity index (χ4v) is 2.83. The standard InChI is InChI=1S/C16H16F2N2O5/c1-8-12(15(21)24-3)13(14(20(22)23)9(2)19-8)10-6-4-5-7-11(10)25-16(17)18/h4-7,13,16,19H,1-3H3/t13-/m1/s1. The molecule has 25 heavy (non-hydrogen) atoms. The molecule has 7 nitrogen and oxygen atoms in total. The Hall–Kier alpha value is -2.97. The number of para-hydroxylation sites is 1. The first-order valence-electron chi connectivity index (χ1n) is 7.22. The van der Waals surface area contributed by atoms with Gasteiger partial charge in [0.1, 0.15) is 11.7 Å². The highest BCUT2D eigenvalue weighted by Gasteiger charge is 2.42. The van der Waals surface area contributed by atoms with E-state index in [9.17, 15) is 23.7 Å². The molecule has 0 fully saturated rings. The molecule has 0 saturated heterocycles. The van der Waals surface area contributed by atoms with E-state index < -0.39 is 23.4 Å². The molecule has 1 atom stereocenters. The van der Waals surface area contributed by atoms with Crippen LogP contribution in [0, 0.1) is 10.1 Å². The van der Waals surface area contributed by atoms with E-state index in [1.54, 1.807) is 6.92 Å². The minimum Gasteiger partial charge on any atom is -0.466 e. The Balaban J connectivity index is 2.72. The van der Waals surface area contributed by atoms with Crippen molar-refractivity contribution in [1.29, 1.82) is 0 Å². The topological polar surface area (TPSA) is 90.7 Å². The quantitative estimate of drug-likeness (QED) is 0.497. The van der Waals surface area contributed by atoms with Gasteiger partial charge in [-0.25, -0.2) is 4.79 Å². The molecule has 9 heteroatoms. The lowest BCUT2D eigenvalue weighted by Gasteiger charge is -2.27. The van der Waals surface area contributed by atoms with Gasteiger partial charge in [-0.1, -0.05) is 18.2 Å². The van der Waals surface area contributed by atoms with Crippen molar-refractivity contribution in [1.82, 2.24) is 5.32 Å². The predicted octanol–water partition coefficient (Wildman–Crippen LogP) is 2.93. The Morgan fingerprint density at radius 1 is 1.28 bits per heavy atom. The van der Waals surface area contributed by atoms with Crippen molar-refractivity contribution in [2.45, 2.75) is 26.4 Å². The normalized spacial score (nSPS) is 17.4. The van der Waals surface area contributed by atoms with Gasteiger partial charge in [0.25, 0.3) is 5.70 Å². The molecule has 1 N–H and O–H groups in total. The zero-order chi connectivity index (χ0) is 18.7. The Labute approximate surface area is 142 Å². The van der Waals surface area contributed by atoms with Gasteiger partial charge in [-0.05, 0) is 19.9 Å². The molecule has 0 aliphatic carbocycles. The lowest BCUT2D eigenvalue weighted by Crippen LogP contribution is -2.31. The van der Waals surface area contributed by atoms with E-state index in [-0.39, 0.29) is 28.3 Å². The van der Waals surface area contributed by atoms with Gasteiger partial charge in [-0.2, -0.15) is 8.78 Å². The lowest BCUT2D eigenvalue weighted by molar-refractivity contribution is -0.431. The Morgan fingerprint density at radius 2 is 1.92 bits per heavy atom. The van der Waals surface area contributed by atoms with Gasteiger partial charge >= 0.3 is 12.6 Å². The molecule has 1 aromatic carbocycles. The number of nitrogens with one attached hydrogen (secondary N) is 1. The number of benzene rings is 1. The van der Waals surface area contributed by atoms with E-state index in [0.717, 1.165) is 7.11 Å². The zero-order valence-corrected chi connectivity index (χ0v) is 13.7. The number of dihydropyridines is 1. The molecular weight excluding hydrogens is 338 g/mol. The smallest absolute Gasteiger partial charge is 0.387 e. The van der Waals surface area contributed by atoms with Gasteiger partial charge in [-0.3, -0.25) is 10.1 Å². The molecule has 0 amide bonds. The van der Waals surface area contributed by atoms with Gasteiger partial charge in [0.2, 0.25) is 0 Å². The number of hydrogen-bond donors (Lipinski definition) is 1. The fraction of sp³-hybridized carbons (Fsp3) is 0.312. The van der Waals surface area contributed by atoms with Crippen molar-refractivity contribution in [3.05, 3.63) is 62.6 Å². The van der Waals surface area contributed by atoms with Gasteiger partial charge in [0, 0.05) is 11.3 Å². The van der Waals surface area contributed by atoms with Crippen LogP contribution < -0.4 is 10.1 Å². The van der Waals surface area contributed by atoms with E-state index in [2.05, 4.69) is 10.1 Å². The van der Waals surface area contributed by atoms with Crippen molar-refractivity contribution < 1.29 is 28.0 Å². The molecule has 0 bridgehead atoms. The third-order valence-corrected chi connectivity index (χ3v) is 3.77. The summed E-state index contributed by atoms with van der Waals surface area (Å²) in [6.07, 6.45) is 0. The summed E-state index contributed by atoms with van der Waals surface area (Å²) in [5, 5.41) is 14.4. The fourth-order valence-electron chi connectivity index (χ4n) is 2.83. The molecule has 1 aromatic rings. The Kier molecular flexibility index (Phi) is 5.35. The van der Waals surface area contributed by atoms with E-state index >= 15 is 0 Å². The van der Waals surface area contributed by atoms with Crippen LogP contribution in [-0.2, 0) is 9.53 Å². The van der Waals surface area contributed by atoms with Crippen molar-refractivity contribution in [3.8, 4) is 5.75 Å². The van der Waals surface area contributed by atoms with E-state index in [4.69, 9.17) is 4.74 Å². The first-order valence-corrected chi connectivity index (χ1v) is 7.22. The molecule has 1 heterocycles. The van der Waals surface area contributed by atoms with Crippen LogP contribution in [0.15, 0.2) is 46.9 Å². The summed E-state index contributed by atoms with van der Waals surface area (Å²) < 4.78 is 34.6. The minimum atomic E-state index is -3.11. The first-order chi connectivity index (χ1) is 11.8. The number of allylic oxidation sites excluding steroid dienone is 3. The number of hydrogen-bond acceptors (Lipinski definition) is 6. The first kappa shape index (κ1) is 18.4. The van der Waals surface area contributed by atoms with Gasteiger partial charge in [0.15, 0.2) is 0 Å². The summed E-state index contributed by atoms with van der Waals surface area (Å²) in [4.78, 5) is 23.2. The Morgan fingerprint density at radius 3 is 2.48 bits per heavy atom. The van der Waals surface area contributed by atoms with Crippen LogP contribution in [0.25, 0.3) is 0 Å². The van der Waals surface area contributed by atoms with Crippen LogP contribution in [0.2, 0.25) is 0 Å². The molecular formula is C16H16F2N2O5. The number of rotatable bonds is 5. The van der Waals surface area contributed by atoms with E-state index in [1.165, 1.54) is 31.2 Å². The molecule has 0 unspecified atom stereocenters. The van der Waals surface area contributed by atoms with E-state index in [1.807, 2.05) is 0 Å². The highest BCUT2D eigenvalue weighted by Crippen LogP contribution is 2.42. The summed E-state index contributed by atoms with van der Waals surface area (Å²) in [5.74, 6) is -2.25. The van der Waals surface area contributed by atoms with Gasteiger partial charge in [0.05, 0.1) is 23.3 Å². The van der Waals surface area contributed by atoms with Crippen molar-refractivity contribution in [2.75, 3.05) is 7.11 Å². The highest BCUT2D eigenvalue weighted by molar-refractivity contribution is 5.92. The number of nitrogens with zero attached hydrogens (tertiary/aromatic N) is 1. The highest BCUT2D eigenvalue weighted by atomic mass is 19.3. The molecule has 0 radical (unpaired) electrons. The summed E-state index contributed by atoms with van der Waals surface area (Å²) in [6, 6.07) is 5.65. The number of carbonyl (C=O) groups excluding carboxylic acids is 1. The maximum absolute atomic E-state index is 12.7. The van der Waals surface area contributed by atoms with Crippen LogP contribution in [0.3, 0.4) is 0 Å². The second-order valence-corrected chi connectivity index (χ2v) is 5.27. The van der Waals surface area contributed by atoms with Crippen LogP contribution >= 0.6 is 0 Å². The average molecular weight is 354 g/mol. The van der Waals surface area contributed by atoms with Crippen LogP contribution in [0.4, 0.5) is 8.78 Å². The zero-order valence-electron chi connectivity index (χ0n) is 13.7. The maximum Gasteiger partial charge on any atom is 0.387 e. The third kappa shape index (κ3) is 3.59. The molecule has 0 saturated carbocycles. The number of carbonyl (C=O) groups is 1. The van der Waals surface area contributed by atoms with Crippen LogP contribution in [0.5, 0.6) is 5.75 Å². The van der Waals surface area contributed by atoms with E-state index in [0.29, 0.717) is 5.70 Å². The molecule has 134 valence electrons. The molecule has 0 spiro atoms. The number of esters is 1. The number of methoxy groups -OCH3 is 1. The summed E-state index contributed by atoms with van der Waals surface area (Å²) in [6.45, 7) is -0.0892. The second-order valence-electron chi connectivity index (χ2n) is 5.27. The molecule has 2 rings (SSSR count). The van der Waals surface area contributed by atoms with Crippen LogP contribution in [-0.4, -0.2) is 24.6 Å². The molecule has 0 aromatic heterocycles. The number of alkyl halides is 2. The summed E-state index contributed by atoms with van der Waals surface area (Å²) in [7, 11) is 1.14. The van der Waals surface area contributed by atoms with Crippen molar-refractivity contribution in [3.63, 3.8) is 0 Å². The maximum atomic E-state index is 12.7. The summed E-state index contributed by atoms with van der Waals surface area (Å²) >= 11 is 0. The second kappa shape index (κ2) is 7.29. The minimum absolute atomic E-state index is 0.0369. The third-order valence-electron chi connectivity index (χ3n) is 3.77. The number of ether oxygens (including phenoxy) is 2. The average Bonchev–Trinajstić information content (AvgIpc) is 2.53.